The van der Waals surface area contributed by atoms with E-state index in [1.807, 2.05) is 42.5 Å². The zero-order valence-corrected chi connectivity index (χ0v) is 16.5. The molecular weight excluding hydrogens is 378 g/mol. The molecule has 1 N–H and O–H groups in total. The molecule has 0 saturated heterocycles. The third-order valence-electron chi connectivity index (χ3n) is 4.10. The molecule has 6 nitrogen and oxygen atoms in total. The maximum absolute atomic E-state index is 12.4. The van der Waals surface area contributed by atoms with Gasteiger partial charge in [0, 0.05) is 17.3 Å². The predicted molar refractivity (Wildman–Crippen MR) is 108 cm³/mol. The zero-order valence-electron chi connectivity index (χ0n) is 15.7. The van der Waals surface area contributed by atoms with Crippen molar-refractivity contribution in [3.8, 4) is 11.5 Å². The average Bonchev–Trinajstić information content (AvgIpc) is 3.15. The number of amides is 1. The van der Waals surface area contributed by atoms with Crippen molar-refractivity contribution in [3.05, 3.63) is 59.0 Å². The van der Waals surface area contributed by atoms with E-state index in [1.54, 1.807) is 20.3 Å². The van der Waals surface area contributed by atoms with Crippen LogP contribution in [0.5, 0.6) is 11.5 Å². The standard InChI is InChI=1S/C21H21NO5S/c1-25-16-10-15-11-19(28-18(15)12-17(16)26-2)21(24)22-9-8-20(23)27-13-14-6-4-3-5-7-14/h3-7,10-12H,8-9,13H2,1-2H3,(H,22,24). The second-order valence-electron chi connectivity index (χ2n) is 6.01. The van der Waals surface area contributed by atoms with Crippen LogP contribution in [-0.2, 0) is 16.1 Å². The number of esters is 1. The molecule has 7 heteroatoms. The number of methoxy groups -OCH3 is 2. The molecule has 146 valence electrons. The molecule has 3 aromatic rings. The normalized spacial score (nSPS) is 10.5. The molecule has 0 atom stereocenters. The molecule has 0 spiro atoms. The van der Waals surface area contributed by atoms with E-state index in [1.165, 1.54) is 11.3 Å². The van der Waals surface area contributed by atoms with E-state index in [0.717, 1.165) is 15.6 Å². The molecule has 0 aliphatic rings. The van der Waals surface area contributed by atoms with E-state index in [4.69, 9.17) is 14.2 Å². The van der Waals surface area contributed by atoms with E-state index in [9.17, 15) is 9.59 Å². The van der Waals surface area contributed by atoms with Gasteiger partial charge in [-0.25, -0.2) is 0 Å². The Kier molecular flexibility index (Phi) is 6.49. The Morgan fingerprint density at radius 2 is 1.71 bits per heavy atom. The van der Waals surface area contributed by atoms with Crippen LogP contribution in [0.1, 0.15) is 21.7 Å². The van der Waals surface area contributed by atoms with Crippen LogP contribution in [0, 0.1) is 0 Å². The molecule has 1 aromatic heterocycles. The second-order valence-corrected chi connectivity index (χ2v) is 7.09. The van der Waals surface area contributed by atoms with Gasteiger partial charge in [-0.2, -0.15) is 0 Å². The third-order valence-corrected chi connectivity index (χ3v) is 5.20. The van der Waals surface area contributed by atoms with Gasteiger partial charge in [-0.1, -0.05) is 30.3 Å². The van der Waals surface area contributed by atoms with E-state index < -0.39 is 0 Å². The van der Waals surface area contributed by atoms with Crippen LogP contribution in [-0.4, -0.2) is 32.6 Å². The molecule has 0 radical (unpaired) electrons. The van der Waals surface area contributed by atoms with E-state index in [0.29, 0.717) is 16.4 Å². The Labute approximate surface area is 167 Å². The van der Waals surface area contributed by atoms with Gasteiger partial charge in [-0.05, 0) is 23.1 Å². The van der Waals surface area contributed by atoms with Gasteiger partial charge in [0.1, 0.15) is 6.61 Å². The van der Waals surface area contributed by atoms with Gasteiger partial charge in [-0.15, -0.1) is 11.3 Å². The van der Waals surface area contributed by atoms with Gasteiger partial charge >= 0.3 is 5.97 Å². The Balaban J connectivity index is 1.52. The first kappa shape index (κ1) is 19.7. The van der Waals surface area contributed by atoms with Crippen molar-refractivity contribution in [2.24, 2.45) is 0 Å². The summed E-state index contributed by atoms with van der Waals surface area (Å²) in [6.07, 6.45) is 0.116. The number of rotatable bonds is 8. The van der Waals surface area contributed by atoms with E-state index in [-0.39, 0.29) is 31.4 Å². The number of fused-ring (bicyclic) bond motifs is 1. The minimum atomic E-state index is -0.352. The molecule has 2 aromatic carbocycles. The number of thiophene rings is 1. The van der Waals surface area contributed by atoms with E-state index >= 15 is 0 Å². The summed E-state index contributed by atoms with van der Waals surface area (Å²) < 4.78 is 16.7. The van der Waals surface area contributed by atoms with Crippen LogP contribution in [0.15, 0.2) is 48.5 Å². The highest BCUT2D eigenvalue weighted by Gasteiger charge is 2.14. The van der Waals surface area contributed by atoms with Crippen molar-refractivity contribution in [1.82, 2.24) is 5.32 Å². The first-order valence-electron chi connectivity index (χ1n) is 8.74. The molecule has 1 amide bonds. The van der Waals surface area contributed by atoms with Crippen molar-refractivity contribution in [1.29, 1.82) is 0 Å². The van der Waals surface area contributed by atoms with Crippen molar-refractivity contribution in [2.75, 3.05) is 20.8 Å². The summed E-state index contributed by atoms with van der Waals surface area (Å²) in [6.45, 7) is 0.445. The summed E-state index contributed by atoms with van der Waals surface area (Å²) in [6, 6.07) is 14.9. The molecule has 0 aliphatic heterocycles. The minimum Gasteiger partial charge on any atom is -0.493 e. The molecule has 0 bridgehead atoms. The van der Waals surface area contributed by atoms with Crippen molar-refractivity contribution < 1.29 is 23.8 Å². The predicted octanol–water partition coefficient (Wildman–Crippen LogP) is 3.78. The number of ether oxygens (including phenoxy) is 3. The van der Waals surface area contributed by atoms with Crippen LogP contribution in [0.2, 0.25) is 0 Å². The molecule has 0 saturated carbocycles. The highest BCUT2D eigenvalue weighted by molar-refractivity contribution is 7.20. The van der Waals surface area contributed by atoms with Crippen LogP contribution < -0.4 is 14.8 Å². The van der Waals surface area contributed by atoms with Gasteiger partial charge < -0.3 is 19.5 Å². The van der Waals surface area contributed by atoms with Gasteiger partial charge in [0.05, 0.1) is 25.5 Å². The quantitative estimate of drug-likeness (QED) is 0.584. The maximum atomic E-state index is 12.4. The molecule has 0 unspecified atom stereocenters. The van der Waals surface area contributed by atoms with Crippen LogP contribution in [0.3, 0.4) is 0 Å². The fourth-order valence-electron chi connectivity index (χ4n) is 2.65. The van der Waals surface area contributed by atoms with Gasteiger partial charge in [0.2, 0.25) is 0 Å². The number of benzene rings is 2. The van der Waals surface area contributed by atoms with Crippen molar-refractivity contribution >= 4 is 33.3 Å². The lowest BCUT2D eigenvalue weighted by Crippen LogP contribution is -2.25. The number of carbonyl (C=O) groups excluding carboxylic acids is 2. The van der Waals surface area contributed by atoms with Gasteiger partial charge in [0.25, 0.3) is 5.91 Å². The summed E-state index contributed by atoms with van der Waals surface area (Å²) in [5.41, 5.74) is 0.927. The summed E-state index contributed by atoms with van der Waals surface area (Å²) in [7, 11) is 3.14. The molecule has 3 rings (SSSR count). The topological polar surface area (TPSA) is 73.9 Å². The van der Waals surface area contributed by atoms with Crippen LogP contribution in [0.25, 0.3) is 10.1 Å². The SMILES string of the molecule is COc1cc2cc(C(=O)NCCC(=O)OCc3ccccc3)sc2cc1OC. The maximum Gasteiger partial charge on any atom is 0.307 e. The number of nitrogens with one attached hydrogen (secondary N) is 1. The van der Waals surface area contributed by atoms with Gasteiger partial charge in [0.15, 0.2) is 11.5 Å². The first-order valence-corrected chi connectivity index (χ1v) is 9.55. The Bertz CT molecular complexity index is 927. The Hall–Kier alpha value is -3.06. The highest BCUT2D eigenvalue weighted by atomic mass is 32.1. The molecule has 1 heterocycles. The molecular formula is C21H21NO5S. The number of carbonyl (C=O) groups is 2. The second kappa shape index (κ2) is 9.23. The summed E-state index contributed by atoms with van der Waals surface area (Å²) in [4.78, 5) is 24.7. The fraction of sp³-hybridized carbons (Fsp3) is 0.238. The molecule has 0 fully saturated rings. The van der Waals surface area contributed by atoms with Crippen molar-refractivity contribution in [3.63, 3.8) is 0 Å². The summed E-state index contributed by atoms with van der Waals surface area (Å²) >= 11 is 1.36. The fourth-order valence-corrected chi connectivity index (χ4v) is 3.64. The Morgan fingerprint density at radius 3 is 2.43 bits per heavy atom. The molecule has 28 heavy (non-hydrogen) atoms. The lowest BCUT2D eigenvalue weighted by Gasteiger charge is -2.06. The molecule has 0 aliphatic carbocycles. The monoisotopic (exact) mass is 399 g/mol. The smallest absolute Gasteiger partial charge is 0.307 e. The number of hydrogen-bond donors (Lipinski definition) is 1. The van der Waals surface area contributed by atoms with E-state index in [2.05, 4.69) is 5.32 Å². The van der Waals surface area contributed by atoms with Gasteiger partial charge in [-0.3, -0.25) is 9.59 Å². The largest absolute Gasteiger partial charge is 0.493 e. The van der Waals surface area contributed by atoms with Crippen LogP contribution in [0.4, 0.5) is 0 Å². The lowest BCUT2D eigenvalue weighted by molar-refractivity contribution is -0.144. The third kappa shape index (κ3) is 4.80. The van der Waals surface area contributed by atoms with Crippen LogP contribution >= 0.6 is 11.3 Å². The lowest BCUT2D eigenvalue weighted by atomic mass is 10.2. The number of hydrogen-bond acceptors (Lipinski definition) is 6. The summed E-state index contributed by atoms with van der Waals surface area (Å²) in [5, 5.41) is 3.65. The minimum absolute atomic E-state index is 0.116. The summed E-state index contributed by atoms with van der Waals surface area (Å²) in [5.74, 6) is 0.649. The highest BCUT2D eigenvalue weighted by Crippen LogP contribution is 2.36. The van der Waals surface area contributed by atoms with Crippen molar-refractivity contribution in [2.45, 2.75) is 13.0 Å². The zero-order chi connectivity index (χ0) is 19.9. The Morgan fingerprint density at radius 1 is 1.00 bits per heavy atom. The first-order chi connectivity index (χ1) is 13.6. The average molecular weight is 399 g/mol.